The largest absolute Gasteiger partial charge is 0.433 e. The van der Waals surface area contributed by atoms with Crippen LogP contribution in [0.4, 0.5) is 17.6 Å². The minimum absolute atomic E-state index is 0.117. The van der Waals surface area contributed by atoms with Crippen molar-refractivity contribution in [2.45, 2.75) is 6.18 Å². The van der Waals surface area contributed by atoms with E-state index in [0.29, 0.717) is 5.39 Å². The smallest absolute Gasteiger partial charge is 0.424 e. The van der Waals surface area contributed by atoms with Crippen LogP contribution in [0.2, 0.25) is 0 Å². The van der Waals surface area contributed by atoms with Gasteiger partial charge in [-0.05, 0) is 24.3 Å². The van der Waals surface area contributed by atoms with Crippen molar-refractivity contribution in [1.82, 2.24) is 15.0 Å². The summed E-state index contributed by atoms with van der Waals surface area (Å²) in [7, 11) is 0. The monoisotopic (exact) mass is 309 g/mol. The molecule has 0 saturated heterocycles. The molecule has 0 aliphatic rings. The molecule has 0 aliphatic carbocycles. The zero-order chi connectivity index (χ0) is 15.7. The molecule has 0 radical (unpaired) electrons. The van der Waals surface area contributed by atoms with Crippen LogP contribution in [0.3, 0.4) is 0 Å². The highest BCUT2D eigenvalue weighted by atomic mass is 19.4. The SMILES string of the molecule is Fc1cnc(Oc2cccc3nc(C(F)(F)F)ccc23)nc1. The number of rotatable bonds is 2. The van der Waals surface area contributed by atoms with Crippen LogP contribution in [0.1, 0.15) is 5.69 Å². The summed E-state index contributed by atoms with van der Waals surface area (Å²) >= 11 is 0. The molecule has 8 heteroatoms. The van der Waals surface area contributed by atoms with Gasteiger partial charge < -0.3 is 4.74 Å². The Morgan fingerprint density at radius 1 is 0.955 bits per heavy atom. The number of nitrogens with zero attached hydrogens (tertiary/aromatic N) is 3. The van der Waals surface area contributed by atoms with Crippen molar-refractivity contribution >= 4 is 10.9 Å². The molecule has 2 aromatic heterocycles. The number of fused-ring (bicyclic) bond motifs is 1. The molecule has 0 N–H and O–H groups in total. The van der Waals surface area contributed by atoms with E-state index in [2.05, 4.69) is 15.0 Å². The first kappa shape index (κ1) is 14.2. The van der Waals surface area contributed by atoms with Crippen molar-refractivity contribution in [1.29, 1.82) is 0 Å². The molecule has 22 heavy (non-hydrogen) atoms. The maximum Gasteiger partial charge on any atom is 0.433 e. The van der Waals surface area contributed by atoms with Gasteiger partial charge in [-0.3, -0.25) is 0 Å². The first-order chi connectivity index (χ1) is 10.4. The molecular weight excluding hydrogens is 302 g/mol. The predicted octanol–water partition coefficient (Wildman–Crippen LogP) is 3.98. The molecular formula is C14H7F4N3O. The van der Waals surface area contributed by atoms with Gasteiger partial charge in [0.25, 0.3) is 0 Å². The minimum atomic E-state index is -4.52. The Morgan fingerprint density at radius 3 is 2.36 bits per heavy atom. The summed E-state index contributed by atoms with van der Waals surface area (Å²) in [5.74, 6) is -0.396. The third-order valence-corrected chi connectivity index (χ3v) is 2.78. The number of benzene rings is 1. The van der Waals surface area contributed by atoms with Crippen LogP contribution < -0.4 is 4.74 Å². The molecule has 1 aromatic carbocycles. The Morgan fingerprint density at radius 2 is 1.68 bits per heavy atom. The molecule has 0 atom stereocenters. The van der Waals surface area contributed by atoms with E-state index < -0.39 is 17.7 Å². The third-order valence-electron chi connectivity index (χ3n) is 2.78. The molecule has 0 saturated carbocycles. The van der Waals surface area contributed by atoms with E-state index in [0.717, 1.165) is 18.5 Å². The molecule has 3 aromatic rings. The van der Waals surface area contributed by atoms with Crippen LogP contribution >= 0.6 is 0 Å². The Labute approximate surface area is 121 Å². The number of pyridine rings is 1. The zero-order valence-electron chi connectivity index (χ0n) is 10.8. The minimum Gasteiger partial charge on any atom is -0.424 e. The zero-order valence-corrected chi connectivity index (χ0v) is 10.8. The van der Waals surface area contributed by atoms with Gasteiger partial charge in [-0.2, -0.15) is 13.2 Å². The second-order valence-electron chi connectivity index (χ2n) is 4.30. The number of aromatic nitrogens is 3. The topological polar surface area (TPSA) is 47.9 Å². The van der Waals surface area contributed by atoms with Crippen molar-refractivity contribution in [3.63, 3.8) is 0 Å². The Hall–Kier alpha value is -2.77. The van der Waals surface area contributed by atoms with E-state index >= 15 is 0 Å². The maximum absolute atomic E-state index is 12.7. The van der Waals surface area contributed by atoms with E-state index in [9.17, 15) is 17.6 Å². The van der Waals surface area contributed by atoms with Crippen LogP contribution in [-0.4, -0.2) is 15.0 Å². The van der Waals surface area contributed by atoms with E-state index in [1.165, 1.54) is 24.3 Å². The number of hydrogen-bond acceptors (Lipinski definition) is 4. The van der Waals surface area contributed by atoms with Crippen molar-refractivity contribution < 1.29 is 22.3 Å². The lowest BCUT2D eigenvalue weighted by Crippen LogP contribution is -2.07. The Bertz CT molecular complexity index is 818. The van der Waals surface area contributed by atoms with Crippen molar-refractivity contribution in [3.8, 4) is 11.8 Å². The van der Waals surface area contributed by atoms with Crippen LogP contribution in [0, 0.1) is 5.82 Å². The average Bonchev–Trinajstić information content (AvgIpc) is 2.48. The molecule has 112 valence electrons. The molecule has 4 nitrogen and oxygen atoms in total. The highest BCUT2D eigenvalue weighted by molar-refractivity contribution is 5.85. The summed E-state index contributed by atoms with van der Waals surface area (Å²) in [6.07, 6.45) is -2.67. The lowest BCUT2D eigenvalue weighted by Gasteiger charge is -2.09. The number of alkyl halides is 3. The third kappa shape index (κ3) is 2.80. The highest BCUT2D eigenvalue weighted by Gasteiger charge is 2.32. The highest BCUT2D eigenvalue weighted by Crippen LogP contribution is 2.32. The van der Waals surface area contributed by atoms with E-state index in [-0.39, 0.29) is 17.3 Å². The second kappa shape index (κ2) is 5.21. The van der Waals surface area contributed by atoms with Crippen molar-refractivity contribution in [2.24, 2.45) is 0 Å². The first-order valence-corrected chi connectivity index (χ1v) is 6.06. The summed E-state index contributed by atoms with van der Waals surface area (Å²) in [4.78, 5) is 10.8. The Kier molecular flexibility index (Phi) is 3.36. The quantitative estimate of drug-likeness (QED) is 0.672. The van der Waals surface area contributed by atoms with Crippen LogP contribution in [0.15, 0.2) is 42.7 Å². The summed E-state index contributed by atoms with van der Waals surface area (Å²) < 4.78 is 56.1. The number of halogens is 4. The van der Waals surface area contributed by atoms with Crippen LogP contribution in [-0.2, 0) is 6.18 Å². The predicted molar refractivity (Wildman–Crippen MR) is 68.8 cm³/mol. The molecule has 0 amide bonds. The van der Waals surface area contributed by atoms with Gasteiger partial charge in [-0.1, -0.05) is 6.07 Å². The van der Waals surface area contributed by atoms with Gasteiger partial charge in [0.05, 0.1) is 17.9 Å². The summed E-state index contributed by atoms with van der Waals surface area (Å²) in [6.45, 7) is 0. The van der Waals surface area contributed by atoms with Gasteiger partial charge in [0.1, 0.15) is 11.4 Å². The molecule has 0 bridgehead atoms. The molecule has 2 heterocycles. The Balaban J connectivity index is 2.02. The fourth-order valence-corrected chi connectivity index (χ4v) is 1.83. The first-order valence-electron chi connectivity index (χ1n) is 6.06. The fraction of sp³-hybridized carbons (Fsp3) is 0.0714. The normalized spacial score (nSPS) is 11.6. The lowest BCUT2D eigenvalue weighted by atomic mass is 10.2. The molecule has 0 unspecified atom stereocenters. The average molecular weight is 309 g/mol. The fourth-order valence-electron chi connectivity index (χ4n) is 1.83. The summed E-state index contributed by atoms with van der Waals surface area (Å²) in [5, 5.41) is 0.364. The van der Waals surface area contributed by atoms with Crippen molar-refractivity contribution in [3.05, 3.63) is 54.2 Å². The molecule has 0 spiro atoms. The van der Waals surface area contributed by atoms with E-state index in [1.54, 1.807) is 0 Å². The van der Waals surface area contributed by atoms with Gasteiger partial charge in [0, 0.05) is 5.39 Å². The summed E-state index contributed by atoms with van der Waals surface area (Å²) in [6, 6.07) is 6.46. The van der Waals surface area contributed by atoms with Gasteiger partial charge >= 0.3 is 12.2 Å². The number of ether oxygens (including phenoxy) is 1. The van der Waals surface area contributed by atoms with Crippen molar-refractivity contribution in [2.75, 3.05) is 0 Å². The maximum atomic E-state index is 12.7. The standard InChI is InChI=1S/C14H7F4N3O/c15-8-6-19-13(20-7-8)22-11-3-1-2-10-9(11)4-5-12(21-10)14(16,17)18/h1-7H. The van der Waals surface area contributed by atoms with Crippen LogP contribution in [0.5, 0.6) is 11.8 Å². The molecule has 0 aliphatic heterocycles. The van der Waals surface area contributed by atoms with Gasteiger partial charge in [0.15, 0.2) is 5.82 Å². The molecule has 3 rings (SSSR count). The lowest BCUT2D eigenvalue weighted by molar-refractivity contribution is -0.140. The van der Waals surface area contributed by atoms with Gasteiger partial charge in [0.2, 0.25) is 0 Å². The second-order valence-corrected chi connectivity index (χ2v) is 4.30. The molecule has 0 fully saturated rings. The van der Waals surface area contributed by atoms with Gasteiger partial charge in [-0.25, -0.2) is 19.3 Å². The summed E-state index contributed by atoms with van der Waals surface area (Å²) in [5.41, 5.74) is -0.871. The van der Waals surface area contributed by atoms with Gasteiger partial charge in [-0.15, -0.1) is 0 Å². The van der Waals surface area contributed by atoms with E-state index in [4.69, 9.17) is 4.74 Å². The van der Waals surface area contributed by atoms with E-state index in [1.807, 2.05) is 0 Å². The van der Waals surface area contributed by atoms with Crippen LogP contribution in [0.25, 0.3) is 10.9 Å². The number of hydrogen-bond donors (Lipinski definition) is 0.